The predicted molar refractivity (Wildman–Crippen MR) is 86.3 cm³/mol. The van der Waals surface area contributed by atoms with Gasteiger partial charge in [0.25, 0.3) is 0 Å². The van der Waals surface area contributed by atoms with Gasteiger partial charge >= 0.3 is 0 Å². The van der Waals surface area contributed by atoms with E-state index in [1.54, 1.807) is 11.8 Å². The Morgan fingerprint density at radius 1 is 1.10 bits per heavy atom. The molecular formula is C16H14BrNOS. The van der Waals surface area contributed by atoms with E-state index in [0.29, 0.717) is 12.3 Å². The zero-order chi connectivity index (χ0) is 13.9. The maximum Gasteiger partial charge on any atom is 0.234 e. The van der Waals surface area contributed by atoms with Crippen LogP contribution in [-0.2, 0) is 11.3 Å². The Kier molecular flexibility index (Phi) is 4.13. The van der Waals surface area contributed by atoms with E-state index < -0.39 is 0 Å². The van der Waals surface area contributed by atoms with E-state index in [2.05, 4.69) is 40.2 Å². The Morgan fingerprint density at radius 3 is 2.50 bits per heavy atom. The third-order valence-electron chi connectivity index (χ3n) is 3.32. The molecular weight excluding hydrogens is 334 g/mol. The van der Waals surface area contributed by atoms with Crippen LogP contribution in [0.4, 0.5) is 0 Å². The first-order chi connectivity index (χ1) is 9.74. The molecule has 4 heteroatoms. The Hall–Kier alpha value is -1.26. The minimum absolute atomic E-state index is 0.121. The number of halogens is 1. The van der Waals surface area contributed by atoms with Crippen molar-refractivity contribution in [2.75, 3.05) is 5.75 Å². The van der Waals surface area contributed by atoms with Crippen LogP contribution in [0.5, 0.6) is 0 Å². The lowest BCUT2D eigenvalue weighted by molar-refractivity contribution is -0.128. The van der Waals surface area contributed by atoms with Gasteiger partial charge in [-0.1, -0.05) is 58.4 Å². The normalized spacial score (nSPS) is 18.6. The monoisotopic (exact) mass is 347 g/mol. The number of benzene rings is 2. The Bertz CT molecular complexity index is 600. The second-order valence-electron chi connectivity index (χ2n) is 4.72. The van der Waals surface area contributed by atoms with Crippen LogP contribution >= 0.6 is 27.7 Å². The van der Waals surface area contributed by atoms with E-state index in [0.717, 1.165) is 4.47 Å². The van der Waals surface area contributed by atoms with E-state index in [1.807, 2.05) is 35.2 Å². The summed E-state index contributed by atoms with van der Waals surface area (Å²) in [6.07, 6.45) is 0. The smallest absolute Gasteiger partial charge is 0.234 e. The Labute approximate surface area is 131 Å². The fourth-order valence-electron chi connectivity index (χ4n) is 2.31. The van der Waals surface area contributed by atoms with Gasteiger partial charge in [0.15, 0.2) is 0 Å². The fraction of sp³-hybridized carbons (Fsp3) is 0.188. The van der Waals surface area contributed by atoms with Gasteiger partial charge in [0, 0.05) is 11.0 Å². The zero-order valence-corrected chi connectivity index (χ0v) is 13.2. The largest absolute Gasteiger partial charge is 0.322 e. The first-order valence-electron chi connectivity index (χ1n) is 6.44. The van der Waals surface area contributed by atoms with Crippen LogP contribution in [0.1, 0.15) is 16.5 Å². The molecule has 1 amide bonds. The molecule has 0 spiro atoms. The summed E-state index contributed by atoms with van der Waals surface area (Å²) in [5, 5.41) is 0.121. The second-order valence-corrected chi connectivity index (χ2v) is 6.71. The van der Waals surface area contributed by atoms with Crippen molar-refractivity contribution >= 4 is 33.6 Å². The molecule has 1 heterocycles. The molecule has 2 aromatic rings. The second kappa shape index (κ2) is 6.02. The van der Waals surface area contributed by atoms with Crippen LogP contribution in [0.3, 0.4) is 0 Å². The Balaban J connectivity index is 1.83. The third kappa shape index (κ3) is 2.91. The molecule has 2 nitrogen and oxygen atoms in total. The highest BCUT2D eigenvalue weighted by Gasteiger charge is 2.32. The molecule has 1 unspecified atom stereocenters. The first-order valence-corrected chi connectivity index (χ1v) is 8.29. The summed E-state index contributed by atoms with van der Waals surface area (Å²) < 4.78 is 1.06. The first kappa shape index (κ1) is 13.7. The van der Waals surface area contributed by atoms with E-state index in [4.69, 9.17) is 0 Å². The number of thioether (sulfide) groups is 1. The summed E-state index contributed by atoms with van der Waals surface area (Å²) in [6.45, 7) is 0.674. The van der Waals surface area contributed by atoms with Gasteiger partial charge in [0.1, 0.15) is 5.37 Å². The molecule has 0 N–H and O–H groups in total. The number of nitrogens with zero attached hydrogens (tertiary/aromatic N) is 1. The highest BCUT2D eigenvalue weighted by molar-refractivity contribution is 9.10. The van der Waals surface area contributed by atoms with E-state index in [9.17, 15) is 4.79 Å². The average Bonchev–Trinajstić information content (AvgIpc) is 2.83. The number of carbonyl (C=O) groups is 1. The van der Waals surface area contributed by atoms with Gasteiger partial charge in [-0.3, -0.25) is 4.79 Å². The molecule has 1 saturated heterocycles. The Morgan fingerprint density at radius 2 is 1.80 bits per heavy atom. The SMILES string of the molecule is O=C1CSC(c2ccc(Br)cc2)N1Cc1ccccc1. The van der Waals surface area contributed by atoms with Gasteiger partial charge in [-0.15, -0.1) is 11.8 Å². The maximum absolute atomic E-state index is 12.1. The van der Waals surface area contributed by atoms with Gasteiger partial charge in [-0.25, -0.2) is 0 Å². The van der Waals surface area contributed by atoms with Crippen molar-refractivity contribution in [1.82, 2.24) is 4.90 Å². The number of hydrogen-bond donors (Lipinski definition) is 0. The van der Waals surface area contributed by atoms with E-state index in [1.165, 1.54) is 11.1 Å². The predicted octanol–water partition coefficient (Wildman–Crippen LogP) is 4.22. The number of hydrogen-bond acceptors (Lipinski definition) is 2. The minimum atomic E-state index is 0.121. The van der Waals surface area contributed by atoms with Crippen molar-refractivity contribution in [2.24, 2.45) is 0 Å². The lowest BCUT2D eigenvalue weighted by Crippen LogP contribution is -2.27. The molecule has 0 radical (unpaired) electrons. The van der Waals surface area contributed by atoms with Crippen LogP contribution in [0, 0.1) is 0 Å². The van der Waals surface area contributed by atoms with Crippen LogP contribution in [0.15, 0.2) is 59.1 Å². The van der Waals surface area contributed by atoms with Gasteiger partial charge in [-0.2, -0.15) is 0 Å². The molecule has 0 bridgehead atoms. The molecule has 3 rings (SSSR count). The topological polar surface area (TPSA) is 20.3 Å². The summed E-state index contributed by atoms with van der Waals surface area (Å²) in [5.41, 5.74) is 2.35. The van der Waals surface area contributed by atoms with Crippen molar-refractivity contribution in [2.45, 2.75) is 11.9 Å². The summed E-state index contributed by atoms with van der Waals surface area (Å²) >= 11 is 5.15. The van der Waals surface area contributed by atoms with Gasteiger partial charge in [0.05, 0.1) is 5.75 Å². The van der Waals surface area contributed by atoms with Gasteiger partial charge < -0.3 is 4.90 Å². The molecule has 1 fully saturated rings. The number of amides is 1. The number of carbonyl (C=O) groups excluding carboxylic acids is 1. The average molecular weight is 348 g/mol. The third-order valence-corrected chi connectivity index (χ3v) is 5.10. The van der Waals surface area contributed by atoms with Crippen LogP contribution < -0.4 is 0 Å². The highest BCUT2D eigenvalue weighted by Crippen LogP contribution is 2.39. The molecule has 1 aliphatic rings. The summed E-state index contributed by atoms with van der Waals surface area (Å²) in [4.78, 5) is 14.1. The molecule has 1 aliphatic heterocycles. The molecule has 1 atom stereocenters. The van der Waals surface area contributed by atoms with Crippen molar-refractivity contribution in [3.8, 4) is 0 Å². The maximum atomic E-state index is 12.1. The quantitative estimate of drug-likeness (QED) is 0.828. The summed E-state index contributed by atoms with van der Waals surface area (Å²) in [7, 11) is 0. The zero-order valence-electron chi connectivity index (χ0n) is 10.8. The molecule has 2 aromatic carbocycles. The summed E-state index contributed by atoms with van der Waals surface area (Å²) in [5.74, 6) is 0.778. The van der Waals surface area contributed by atoms with Crippen LogP contribution in [-0.4, -0.2) is 16.6 Å². The lowest BCUT2D eigenvalue weighted by atomic mass is 10.1. The molecule has 0 aliphatic carbocycles. The van der Waals surface area contributed by atoms with Crippen molar-refractivity contribution in [3.63, 3.8) is 0 Å². The molecule has 0 saturated carbocycles. The van der Waals surface area contributed by atoms with Crippen LogP contribution in [0.2, 0.25) is 0 Å². The standard InChI is InChI=1S/C16H14BrNOS/c17-14-8-6-13(7-9-14)16-18(15(19)11-20-16)10-12-4-2-1-3-5-12/h1-9,16H,10-11H2. The summed E-state index contributed by atoms with van der Waals surface area (Å²) in [6, 6.07) is 18.4. The van der Waals surface area contributed by atoms with E-state index >= 15 is 0 Å². The lowest BCUT2D eigenvalue weighted by Gasteiger charge is -2.24. The van der Waals surface area contributed by atoms with Crippen molar-refractivity contribution in [1.29, 1.82) is 0 Å². The van der Waals surface area contributed by atoms with Gasteiger partial charge in [-0.05, 0) is 23.3 Å². The fourth-order valence-corrected chi connectivity index (χ4v) is 3.76. The minimum Gasteiger partial charge on any atom is -0.322 e. The van der Waals surface area contributed by atoms with Gasteiger partial charge in [0.2, 0.25) is 5.91 Å². The molecule has 102 valence electrons. The van der Waals surface area contributed by atoms with Crippen molar-refractivity contribution in [3.05, 3.63) is 70.2 Å². The van der Waals surface area contributed by atoms with Crippen molar-refractivity contribution < 1.29 is 4.79 Å². The van der Waals surface area contributed by atoms with Crippen LogP contribution in [0.25, 0.3) is 0 Å². The molecule has 0 aromatic heterocycles. The molecule has 20 heavy (non-hydrogen) atoms. The highest BCUT2D eigenvalue weighted by atomic mass is 79.9. The number of rotatable bonds is 3. The van der Waals surface area contributed by atoms with E-state index in [-0.39, 0.29) is 11.3 Å².